The molecule has 0 atom stereocenters. The molecule has 0 bridgehead atoms. The van der Waals surface area contributed by atoms with Gasteiger partial charge in [-0.05, 0) is 43.7 Å². The predicted octanol–water partition coefficient (Wildman–Crippen LogP) is 2.94. The largest absolute Gasteiger partial charge is 0.329 e. The zero-order valence-electron chi connectivity index (χ0n) is 12.2. The molecule has 0 unspecified atom stereocenters. The number of pyridine rings is 1. The lowest BCUT2D eigenvalue weighted by Crippen LogP contribution is -2.49. The summed E-state index contributed by atoms with van der Waals surface area (Å²) in [5.74, 6) is 0. The fourth-order valence-electron chi connectivity index (χ4n) is 3.44. The first kappa shape index (κ1) is 13.5. The second kappa shape index (κ2) is 5.51. The van der Waals surface area contributed by atoms with Gasteiger partial charge in [0.1, 0.15) is 0 Å². The number of hydrogen-bond donors (Lipinski definition) is 1. The van der Waals surface area contributed by atoms with E-state index in [9.17, 15) is 0 Å². The van der Waals surface area contributed by atoms with Gasteiger partial charge in [-0.1, -0.05) is 25.0 Å². The Morgan fingerprint density at radius 3 is 2.80 bits per heavy atom. The molecule has 0 aliphatic heterocycles. The summed E-state index contributed by atoms with van der Waals surface area (Å²) in [7, 11) is 2.21. The Labute approximate surface area is 120 Å². The maximum atomic E-state index is 6.06. The van der Waals surface area contributed by atoms with E-state index in [1.54, 1.807) is 0 Å². The van der Waals surface area contributed by atoms with E-state index < -0.39 is 0 Å². The maximum absolute atomic E-state index is 6.06. The minimum Gasteiger partial charge on any atom is -0.329 e. The Hall–Kier alpha value is -1.45. The first-order valence-corrected chi connectivity index (χ1v) is 7.48. The predicted molar refractivity (Wildman–Crippen MR) is 83.5 cm³/mol. The number of aromatic nitrogens is 1. The second-order valence-corrected chi connectivity index (χ2v) is 6.02. The number of hydrogen-bond acceptors (Lipinski definition) is 3. The molecule has 0 amide bonds. The van der Waals surface area contributed by atoms with Crippen molar-refractivity contribution >= 4 is 10.9 Å². The van der Waals surface area contributed by atoms with Crippen LogP contribution in [0.15, 0.2) is 36.5 Å². The van der Waals surface area contributed by atoms with Gasteiger partial charge in [0, 0.05) is 30.2 Å². The van der Waals surface area contributed by atoms with Gasteiger partial charge in [-0.2, -0.15) is 0 Å². The third-order valence-corrected chi connectivity index (χ3v) is 4.81. The lowest BCUT2D eigenvalue weighted by molar-refractivity contribution is 0.124. The van der Waals surface area contributed by atoms with Crippen molar-refractivity contribution in [1.82, 2.24) is 9.88 Å². The molecule has 1 aliphatic rings. The zero-order valence-corrected chi connectivity index (χ0v) is 12.2. The molecule has 1 aliphatic carbocycles. The summed E-state index contributed by atoms with van der Waals surface area (Å²) in [6, 6.07) is 10.7. The molecule has 3 nitrogen and oxygen atoms in total. The van der Waals surface area contributed by atoms with Crippen molar-refractivity contribution in [1.29, 1.82) is 0 Å². The van der Waals surface area contributed by atoms with Crippen LogP contribution in [-0.2, 0) is 6.54 Å². The third kappa shape index (κ3) is 2.43. The summed E-state index contributed by atoms with van der Waals surface area (Å²) in [6.45, 7) is 1.72. The fourth-order valence-corrected chi connectivity index (χ4v) is 3.44. The Morgan fingerprint density at radius 2 is 2.05 bits per heavy atom. The molecule has 2 aromatic rings. The van der Waals surface area contributed by atoms with Crippen molar-refractivity contribution in [2.24, 2.45) is 5.73 Å². The van der Waals surface area contributed by atoms with E-state index in [1.165, 1.54) is 36.6 Å². The molecule has 1 fully saturated rings. The van der Waals surface area contributed by atoms with E-state index in [4.69, 9.17) is 5.73 Å². The highest BCUT2D eigenvalue weighted by atomic mass is 15.2. The van der Waals surface area contributed by atoms with E-state index in [1.807, 2.05) is 12.3 Å². The normalized spacial score (nSPS) is 17.9. The van der Waals surface area contributed by atoms with Crippen LogP contribution in [0.4, 0.5) is 0 Å². The van der Waals surface area contributed by atoms with Crippen LogP contribution in [0.3, 0.4) is 0 Å². The van der Waals surface area contributed by atoms with Gasteiger partial charge in [0.2, 0.25) is 0 Å². The highest BCUT2D eigenvalue weighted by Crippen LogP contribution is 2.34. The van der Waals surface area contributed by atoms with E-state index in [2.05, 4.69) is 41.2 Å². The van der Waals surface area contributed by atoms with E-state index in [0.717, 1.165) is 18.6 Å². The number of rotatable bonds is 4. The molecule has 106 valence electrons. The van der Waals surface area contributed by atoms with Crippen LogP contribution >= 0.6 is 0 Å². The molecule has 3 heteroatoms. The van der Waals surface area contributed by atoms with Gasteiger partial charge >= 0.3 is 0 Å². The van der Waals surface area contributed by atoms with Crippen LogP contribution < -0.4 is 5.73 Å². The topological polar surface area (TPSA) is 42.2 Å². The summed E-state index contributed by atoms with van der Waals surface area (Å²) in [6.07, 6.45) is 6.92. The minimum absolute atomic E-state index is 0.212. The van der Waals surface area contributed by atoms with Crippen LogP contribution in [0.2, 0.25) is 0 Å². The monoisotopic (exact) mass is 269 g/mol. The quantitative estimate of drug-likeness (QED) is 0.928. The average Bonchev–Trinajstić information content (AvgIpc) is 2.97. The van der Waals surface area contributed by atoms with Gasteiger partial charge in [0.05, 0.1) is 5.52 Å². The number of likely N-dealkylation sites (N-methyl/N-ethyl adjacent to an activating group) is 1. The molecule has 3 rings (SSSR count). The van der Waals surface area contributed by atoms with Gasteiger partial charge < -0.3 is 5.73 Å². The molecule has 1 heterocycles. The van der Waals surface area contributed by atoms with Gasteiger partial charge in [-0.25, -0.2) is 0 Å². The van der Waals surface area contributed by atoms with Crippen molar-refractivity contribution in [2.45, 2.75) is 37.8 Å². The fraction of sp³-hybridized carbons (Fsp3) is 0.471. The van der Waals surface area contributed by atoms with Crippen molar-refractivity contribution in [2.75, 3.05) is 13.6 Å². The van der Waals surface area contributed by atoms with Crippen molar-refractivity contribution in [3.8, 4) is 0 Å². The molecule has 0 saturated heterocycles. The average molecular weight is 269 g/mol. The molecule has 1 saturated carbocycles. The SMILES string of the molecule is CN(Cc1ccc2ncccc2c1)C1(CN)CCCC1. The van der Waals surface area contributed by atoms with Crippen LogP contribution in [0.1, 0.15) is 31.2 Å². The third-order valence-electron chi connectivity index (χ3n) is 4.81. The Kier molecular flexibility index (Phi) is 3.72. The first-order valence-electron chi connectivity index (χ1n) is 7.48. The van der Waals surface area contributed by atoms with E-state index in [-0.39, 0.29) is 5.54 Å². The first-order chi connectivity index (χ1) is 9.73. The van der Waals surface area contributed by atoms with Crippen molar-refractivity contribution in [3.05, 3.63) is 42.1 Å². The molecule has 1 aromatic heterocycles. The Morgan fingerprint density at radius 1 is 1.25 bits per heavy atom. The molecule has 0 radical (unpaired) electrons. The standard InChI is InChI=1S/C17H23N3/c1-20(17(13-18)8-2-3-9-17)12-14-6-7-16-15(11-14)5-4-10-19-16/h4-7,10-11H,2-3,8-9,12-13,18H2,1H3. The van der Waals surface area contributed by atoms with Gasteiger partial charge in [-0.15, -0.1) is 0 Å². The Balaban J connectivity index is 1.81. The van der Waals surface area contributed by atoms with Crippen LogP contribution in [0.5, 0.6) is 0 Å². The lowest BCUT2D eigenvalue weighted by Gasteiger charge is -2.38. The number of benzene rings is 1. The number of nitrogens with two attached hydrogens (primary N) is 1. The molecule has 1 aromatic carbocycles. The molecule has 2 N–H and O–H groups in total. The maximum Gasteiger partial charge on any atom is 0.0702 e. The van der Waals surface area contributed by atoms with Crippen molar-refractivity contribution < 1.29 is 0 Å². The highest BCUT2D eigenvalue weighted by Gasteiger charge is 2.36. The summed E-state index contributed by atoms with van der Waals surface area (Å²) in [5.41, 5.74) is 8.68. The summed E-state index contributed by atoms with van der Waals surface area (Å²) in [4.78, 5) is 6.83. The van der Waals surface area contributed by atoms with Gasteiger partial charge in [0.25, 0.3) is 0 Å². The van der Waals surface area contributed by atoms with Gasteiger partial charge in [0.15, 0.2) is 0 Å². The minimum atomic E-state index is 0.212. The summed E-state index contributed by atoms with van der Waals surface area (Å²) < 4.78 is 0. The summed E-state index contributed by atoms with van der Waals surface area (Å²) in [5, 5.41) is 1.21. The number of nitrogens with zero attached hydrogens (tertiary/aromatic N) is 2. The number of fused-ring (bicyclic) bond motifs is 1. The lowest BCUT2D eigenvalue weighted by atomic mass is 9.95. The smallest absolute Gasteiger partial charge is 0.0702 e. The van der Waals surface area contributed by atoms with Crippen LogP contribution in [0, 0.1) is 0 Å². The van der Waals surface area contributed by atoms with Crippen LogP contribution in [-0.4, -0.2) is 29.0 Å². The molecular weight excluding hydrogens is 246 g/mol. The van der Waals surface area contributed by atoms with Crippen molar-refractivity contribution in [3.63, 3.8) is 0 Å². The van der Waals surface area contributed by atoms with E-state index >= 15 is 0 Å². The van der Waals surface area contributed by atoms with E-state index in [0.29, 0.717) is 0 Å². The molecule has 20 heavy (non-hydrogen) atoms. The second-order valence-electron chi connectivity index (χ2n) is 6.02. The molecule has 0 spiro atoms. The zero-order chi connectivity index (χ0) is 14.0. The highest BCUT2D eigenvalue weighted by molar-refractivity contribution is 5.78. The van der Waals surface area contributed by atoms with Gasteiger partial charge in [-0.3, -0.25) is 9.88 Å². The van der Waals surface area contributed by atoms with Crippen LogP contribution in [0.25, 0.3) is 10.9 Å². The Bertz CT molecular complexity index is 588. The summed E-state index contributed by atoms with van der Waals surface area (Å²) >= 11 is 0. The molecular formula is C17H23N3.